The fraction of sp³-hybridized carbons (Fsp3) is 0.524. The van der Waals surface area contributed by atoms with Crippen LogP contribution in [-0.2, 0) is 12.0 Å². The SMILES string of the molecule is CC(O)SSc1ccccc1Cn1nnc2c(N3CCC(F)(F)C3)nc(C(C)(C)C)nc21. The third-order valence-electron chi connectivity index (χ3n) is 5.05. The Hall–Kier alpha value is -1.98. The maximum Gasteiger partial charge on any atom is 0.266 e. The first-order valence-corrected chi connectivity index (χ1v) is 12.6. The molecule has 0 bridgehead atoms. The van der Waals surface area contributed by atoms with Gasteiger partial charge in [0.2, 0.25) is 0 Å². The molecule has 1 aliphatic heterocycles. The van der Waals surface area contributed by atoms with Crippen molar-refractivity contribution in [3.63, 3.8) is 0 Å². The Kier molecular flexibility index (Phi) is 6.34. The van der Waals surface area contributed by atoms with Gasteiger partial charge in [-0.25, -0.2) is 23.4 Å². The summed E-state index contributed by atoms with van der Waals surface area (Å²) in [6.45, 7) is 7.94. The Morgan fingerprint density at radius 3 is 2.62 bits per heavy atom. The highest BCUT2D eigenvalue weighted by Gasteiger charge is 2.40. The molecule has 1 saturated heterocycles. The van der Waals surface area contributed by atoms with Gasteiger partial charge < -0.3 is 10.0 Å². The van der Waals surface area contributed by atoms with Crippen LogP contribution < -0.4 is 4.90 Å². The molecule has 4 rings (SSSR count). The molecule has 7 nitrogen and oxygen atoms in total. The largest absolute Gasteiger partial charge is 0.382 e. The summed E-state index contributed by atoms with van der Waals surface area (Å²) < 4.78 is 29.6. The number of halogens is 2. The lowest BCUT2D eigenvalue weighted by molar-refractivity contribution is 0.0257. The summed E-state index contributed by atoms with van der Waals surface area (Å²) in [4.78, 5) is 12.0. The third-order valence-corrected chi connectivity index (χ3v) is 7.67. The van der Waals surface area contributed by atoms with Crippen molar-refractivity contribution in [2.75, 3.05) is 18.0 Å². The van der Waals surface area contributed by atoms with Crippen LogP contribution in [0, 0.1) is 0 Å². The maximum absolute atomic E-state index is 13.9. The molecule has 1 aromatic carbocycles. The molecule has 0 amide bonds. The predicted molar refractivity (Wildman–Crippen MR) is 124 cm³/mol. The molecule has 2 aromatic heterocycles. The molecule has 11 heteroatoms. The quantitative estimate of drug-likeness (QED) is 0.408. The minimum Gasteiger partial charge on any atom is -0.382 e. The summed E-state index contributed by atoms with van der Waals surface area (Å²) in [6, 6.07) is 7.87. The molecular weight excluding hydrogens is 454 g/mol. The Labute approximate surface area is 193 Å². The number of aromatic nitrogens is 5. The second-order valence-electron chi connectivity index (χ2n) is 8.95. The van der Waals surface area contributed by atoms with E-state index in [1.54, 1.807) is 16.5 Å². The van der Waals surface area contributed by atoms with E-state index in [-0.39, 0.29) is 24.9 Å². The average Bonchev–Trinajstić information content (AvgIpc) is 3.28. The molecule has 3 aromatic rings. The summed E-state index contributed by atoms with van der Waals surface area (Å²) >= 11 is 0. The van der Waals surface area contributed by atoms with Gasteiger partial charge in [-0.05, 0) is 18.6 Å². The minimum atomic E-state index is -2.74. The Bertz CT molecular complexity index is 1120. The van der Waals surface area contributed by atoms with E-state index < -0.39 is 11.4 Å². The van der Waals surface area contributed by atoms with Crippen molar-refractivity contribution in [2.24, 2.45) is 0 Å². The first-order valence-electron chi connectivity index (χ1n) is 10.4. The van der Waals surface area contributed by atoms with Crippen molar-refractivity contribution >= 4 is 38.6 Å². The Balaban J connectivity index is 1.75. The molecule has 0 spiro atoms. The average molecular weight is 481 g/mol. The highest BCUT2D eigenvalue weighted by atomic mass is 33.1. The highest BCUT2D eigenvalue weighted by molar-refractivity contribution is 8.76. The van der Waals surface area contributed by atoms with Crippen LogP contribution in [0.5, 0.6) is 0 Å². The fourth-order valence-corrected chi connectivity index (χ4v) is 5.25. The van der Waals surface area contributed by atoms with E-state index in [0.717, 1.165) is 10.5 Å². The fourth-order valence-electron chi connectivity index (χ4n) is 3.42. The lowest BCUT2D eigenvalue weighted by Gasteiger charge is -2.22. The van der Waals surface area contributed by atoms with E-state index in [1.165, 1.54) is 21.6 Å². The van der Waals surface area contributed by atoms with Crippen molar-refractivity contribution in [3.05, 3.63) is 35.7 Å². The van der Waals surface area contributed by atoms with Gasteiger partial charge in [0, 0.05) is 23.3 Å². The second kappa shape index (κ2) is 8.75. The third kappa shape index (κ3) is 4.99. The zero-order valence-corrected chi connectivity index (χ0v) is 20.1. The molecule has 0 radical (unpaired) electrons. The van der Waals surface area contributed by atoms with Crippen molar-refractivity contribution in [2.45, 2.75) is 62.3 Å². The number of fused-ring (bicyclic) bond motifs is 1. The standard InChI is InChI=1S/C21H26F2N6OS2/c1-13(30)31-32-15-8-6-5-7-14(15)11-29-18-16(26-27-29)17(24-19(25-18)20(2,3)4)28-10-9-21(22,23)12-28/h5-8,13,30H,9-12H2,1-4H3. The molecule has 1 unspecified atom stereocenters. The molecule has 3 heterocycles. The van der Waals surface area contributed by atoms with Crippen molar-refractivity contribution in [1.29, 1.82) is 0 Å². The maximum atomic E-state index is 13.9. The van der Waals surface area contributed by atoms with E-state index in [1.807, 2.05) is 45.0 Å². The number of aliphatic hydroxyl groups is 1. The second-order valence-corrected chi connectivity index (χ2v) is 11.5. The van der Waals surface area contributed by atoms with Gasteiger partial charge in [-0.15, -0.1) is 5.10 Å². The highest BCUT2D eigenvalue weighted by Crippen LogP contribution is 2.37. The molecule has 0 saturated carbocycles. The Morgan fingerprint density at radius 1 is 1.22 bits per heavy atom. The zero-order valence-electron chi connectivity index (χ0n) is 18.4. The summed E-state index contributed by atoms with van der Waals surface area (Å²) in [5, 5.41) is 18.2. The molecular formula is C21H26F2N6OS2. The van der Waals surface area contributed by atoms with Gasteiger partial charge in [-0.2, -0.15) is 0 Å². The molecule has 1 N–H and O–H groups in total. The van der Waals surface area contributed by atoms with Crippen LogP contribution in [0.1, 0.15) is 45.5 Å². The van der Waals surface area contributed by atoms with Crippen LogP contribution in [0.3, 0.4) is 0 Å². The Morgan fingerprint density at radius 2 is 1.97 bits per heavy atom. The van der Waals surface area contributed by atoms with Gasteiger partial charge in [0.05, 0.1) is 13.1 Å². The number of rotatable bonds is 6. The number of benzene rings is 1. The van der Waals surface area contributed by atoms with Crippen LogP contribution in [0.4, 0.5) is 14.6 Å². The van der Waals surface area contributed by atoms with E-state index >= 15 is 0 Å². The van der Waals surface area contributed by atoms with Crippen molar-refractivity contribution < 1.29 is 13.9 Å². The summed E-state index contributed by atoms with van der Waals surface area (Å²) in [6.07, 6.45) is -0.205. The van der Waals surface area contributed by atoms with E-state index in [0.29, 0.717) is 29.4 Å². The van der Waals surface area contributed by atoms with Crippen molar-refractivity contribution in [3.8, 4) is 0 Å². The van der Waals surface area contributed by atoms with Crippen molar-refractivity contribution in [1.82, 2.24) is 25.0 Å². The van der Waals surface area contributed by atoms with E-state index in [2.05, 4.69) is 15.3 Å². The van der Waals surface area contributed by atoms with Gasteiger partial charge in [-0.3, -0.25) is 0 Å². The number of nitrogens with zero attached hydrogens (tertiary/aromatic N) is 6. The summed E-state index contributed by atoms with van der Waals surface area (Å²) in [7, 11) is 2.86. The van der Waals surface area contributed by atoms with Gasteiger partial charge >= 0.3 is 0 Å². The topological polar surface area (TPSA) is 80.0 Å². The van der Waals surface area contributed by atoms with E-state index in [9.17, 15) is 13.9 Å². The van der Waals surface area contributed by atoms with Crippen LogP contribution >= 0.6 is 21.6 Å². The van der Waals surface area contributed by atoms with Gasteiger partial charge in [0.25, 0.3) is 5.92 Å². The number of hydrogen-bond donors (Lipinski definition) is 1. The molecule has 1 aliphatic rings. The van der Waals surface area contributed by atoms with Crippen LogP contribution in [0.2, 0.25) is 0 Å². The first kappa shape index (κ1) is 23.2. The van der Waals surface area contributed by atoms with Crippen LogP contribution in [-0.4, -0.2) is 54.5 Å². The van der Waals surface area contributed by atoms with Gasteiger partial charge in [0.1, 0.15) is 11.3 Å². The first-order chi connectivity index (χ1) is 15.0. The molecule has 1 atom stereocenters. The van der Waals surface area contributed by atoms with Crippen LogP contribution in [0.15, 0.2) is 29.2 Å². The normalized spacial score (nSPS) is 17.3. The summed E-state index contributed by atoms with van der Waals surface area (Å²) in [5.41, 5.74) is 1.09. The predicted octanol–water partition coefficient (Wildman–Crippen LogP) is 4.49. The number of hydrogen-bond acceptors (Lipinski definition) is 8. The molecule has 32 heavy (non-hydrogen) atoms. The zero-order chi connectivity index (χ0) is 23.1. The smallest absolute Gasteiger partial charge is 0.266 e. The monoisotopic (exact) mass is 480 g/mol. The minimum absolute atomic E-state index is 0.205. The number of anilines is 1. The molecule has 0 aliphatic carbocycles. The molecule has 1 fully saturated rings. The molecule has 172 valence electrons. The lowest BCUT2D eigenvalue weighted by Crippen LogP contribution is -2.27. The lowest BCUT2D eigenvalue weighted by atomic mass is 9.96. The van der Waals surface area contributed by atoms with E-state index in [4.69, 9.17) is 4.98 Å². The number of alkyl halides is 2. The number of aliphatic hydroxyl groups excluding tert-OH is 1. The van der Waals surface area contributed by atoms with Crippen LogP contribution in [0.25, 0.3) is 11.2 Å². The summed E-state index contributed by atoms with van der Waals surface area (Å²) in [5.74, 6) is -1.77. The van der Waals surface area contributed by atoms with Gasteiger partial charge in [-0.1, -0.05) is 65.8 Å². The van der Waals surface area contributed by atoms with Gasteiger partial charge in [0.15, 0.2) is 17.0 Å².